The third kappa shape index (κ3) is 3.77. The van der Waals surface area contributed by atoms with E-state index < -0.39 is 0 Å². The zero-order valence-corrected chi connectivity index (χ0v) is 9.29. The maximum atomic E-state index is 11.6. The fourth-order valence-electron chi connectivity index (χ4n) is 1.10. The Bertz CT molecular complexity index is 327. The van der Waals surface area contributed by atoms with Gasteiger partial charge < -0.3 is 10.1 Å². The van der Waals surface area contributed by atoms with Gasteiger partial charge in [0.15, 0.2) is 0 Å². The van der Waals surface area contributed by atoms with Gasteiger partial charge >= 0.3 is 5.97 Å². The quantitative estimate of drug-likeness (QED) is 0.605. The summed E-state index contributed by atoms with van der Waals surface area (Å²) in [5.41, 5.74) is 0.537. The van der Waals surface area contributed by atoms with Gasteiger partial charge in [-0.3, -0.25) is 0 Å². The molecule has 0 fully saturated rings. The first kappa shape index (κ1) is 11.8. The minimum absolute atomic E-state index is 0.350. The van der Waals surface area contributed by atoms with Gasteiger partial charge in [-0.15, -0.1) is 0 Å². The fraction of sp³-hybridized carbons (Fsp3) is 0.273. The van der Waals surface area contributed by atoms with Crippen molar-refractivity contribution in [1.29, 1.82) is 0 Å². The van der Waals surface area contributed by atoms with E-state index in [0.29, 0.717) is 12.1 Å². The van der Waals surface area contributed by atoms with Crippen LogP contribution in [0, 0.1) is 0 Å². The summed E-state index contributed by atoms with van der Waals surface area (Å²) < 4.78 is 5.16. The van der Waals surface area contributed by atoms with Crippen molar-refractivity contribution < 1.29 is 9.53 Å². The van der Waals surface area contributed by atoms with Crippen LogP contribution in [0.5, 0.6) is 0 Å². The van der Waals surface area contributed by atoms with E-state index in [4.69, 9.17) is 17.0 Å². The lowest BCUT2D eigenvalue weighted by Gasteiger charge is -2.12. The monoisotopic (exact) mass is 223 g/mol. The molecule has 0 amide bonds. The van der Waals surface area contributed by atoms with E-state index >= 15 is 0 Å². The zero-order valence-electron chi connectivity index (χ0n) is 8.47. The van der Waals surface area contributed by atoms with Gasteiger partial charge in [-0.05, 0) is 19.2 Å². The topological polar surface area (TPSA) is 38.3 Å². The minimum Gasteiger partial charge on any atom is -0.452 e. The number of carbonyl (C=O) groups is 1. The van der Waals surface area contributed by atoms with Gasteiger partial charge in [0.25, 0.3) is 0 Å². The van der Waals surface area contributed by atoms with Crippen molar-refractivity contribution in [3.8, 4) is 0 Å². The molecule has 1 rings (SSSR count). The van der Waals surface area contributed by atoms with Crippen molar-refractivity contribution >= 4 is 23.6 Å². The van der Waals surface area contributed by atoms with Gasteiger partial charge in [-0.2, -0.15) is 0 Å². The minimum atomic E-state index is -0.363. The average Bonchev–Trinajstić information content (AvgIpc) is 2.29. The number of esters is 1. The summed E-state index contributed by atoms with van der Waals surface area (Å²) >= 11 is 4.77. The van der Waals surface area contributed by atoms with Crippen LogP contribution in [0.4, 0.5) is 0 Å². The van der Waals surface area contributed by atoms with Gasteiger partial charge in [-0.25, -0.2) is 4.79 Å². The molecule has 0 aromatic heterocycles. The van der Waals surface area contributed by atoms with Crippen molar-refractivity contribution in [2.75, 3.05) is 13.6 Å². The second kappa shape index (κ2) is 6.27. The highest BCUT2D eigenvalue weighted by Crippen LogP contribution is 2.02. The molecular formula is C11H13NO2S. The molecule has 1 N–H and O–H groups in total. The van der Waals surface area contributed by atoms with Crippen LogP contribution in [0.25, 0.3) is 0 Å². The second-order valence-electron chi connectivity index (χ2n) is 3.00. The molecule has 0 aliphatic heterocycles. The highest BCUT2D eigenvalue weighted by atomic mass is 32.1. The molecule has 0 aliphatic carbocycles. The maximum absolute atomic E-state index is 11.6. The number of nitrogens with one attached hydrogen (secondary N) is 1. The molecule has 3 nitrogen and oxygen atoms in total. The zero-order chi connectivity index (χ0) is 11.1. The van der Waals surface area contributed by atoms with Gasteiger partial charge in [0.05, 0.1) is 5.56 Å². The van der Waals surface area contributed by atoms with E-state index in [1.54, 1.807) is 31.3 Å². The van der Waals surface area contributed by atoms with Crippen molar-refractivity contribution in [2.45, 2.75) is 6.10 Å². The molecule has 1 aromatic carbocycles. The number of benzene rings is 1. The number of hydrogen-bond donors (Lipinski definition) is 1. The predicted molar refractivity (Wildman–Crippen MR) is 63.2 cm³/mol. The number of hydrogen-bond acceptors (Lipinski definition) is 4. The van der Waals surface area contributed by atoms with Crippen LogP contribution in [-0.4, -0.2) is 31.0 Å². The molecule has 1 atom stereocenters. The first-order valence-electron chi connectivity index (χ1n) is 4.64. The molecule has 0 aliphatic rings. The Morgan fingerprint density at radius 2 is 2.20 bits per heavy atom. The molecule has 0 spiro atoms. The predicted octanol–water partition coefficient (Wildman–Crippen LogP) is 1.43. The third-order valence-corrected chi connectivity index (χ3v) is 2.13. The van der Waals surface area contributed by atoms with Gasteiger partial charge in [-0.1, -0.05) is 30.4 Å². The number of rotatable bonds is 5. The lowest BCUT2D eigenvalue weighted by atomic mass is 10.2. The van der Waals surface area contributed by atoms with Crippen LogP contribution in [0.2, 0.25) is 0 Å². The number of carbonyl (C=O) groups excluding carboxylic acids is 1. The lowest BCUT2D eigenvalue weighted by molar-refractivity contribution is 0.0439. The van der Waals surface area contributed by atoms with Gasteiger partial charge in [0, 0.05) is 11.9 Å². The summed E-state index contributed by atoms with van der Waals surface area (Å²) in [6.07, 6.45) is -0.363. The summed E-state index contributed by atoms with van der Waals surface area (Å²) in [6, 6.07) is 8.85. The van der Waals surface area contributed by atoms with Crippen LogP contribution < -0.4 is 5.32 Å². The van der Waals surface area contributed by atoms with Crippen molar-refractivity contribution in [3.63, 3.8) is 0 Å². The standard InChI is InChI=1S/C11H13NO2S/c1-12-7-10(8-15)14-11(13)9-5-3-2-4-6-9/h2-6,8,10,12H,7H2,1H3. The Kier molecular flexibility index (Phi) is 4.93. The maximum Gasteiger partial charge on any atom is 0.338 e. The first-order chi connectivity index (χ1) is 7.27. The second-order valence-corrected chi connectivity index (χ2v) is 3.28. The molecule has 4 heteroatoms. The third-order valence-electron chi connectivity index (χ3n) is 1.82. The summed E-state index contributed by atoms with van der Waals surface area (Å²) in [5.74, 6) is -0.350. The normalized spacial score (nSPS) is 11.8. The van der Waals surface area contributed by atoms with Crippen LogP contribution in [-0.2, 0) is 4.74 Å². The Labute approximate surface area is 94.4 Å². The average molecular weight is 223 g/mol. The van der Waals surface area contributed by atoms with Gasteiger partial charge in [0.1, 0.15) is 6.10 Å². The SMILES string of the molecule is CNCC(C=S)OC(=O)c1ccccc1. The van der Waals surface area contributed by atoms with E-state index in [0.717, 1.165) is 0 Å². The first-order valence-corrected chi connectivity index (χ1v) is 5.11. The van der Waals surface area contributed by atoms with Gasteiger partial charge in [0.2, 0.25) is 0 Å². The van der Waals surface area contributed by atoms with Crippen molar-refractivity contribution in [3.05, 3.63) is 35.9 Å². The van der Waals surface area contributed by atoms with Crippen LogP contribution >= 0.6 is 12.2 Å². The Balaban J connectivity index is 2.58. The molecule has 80 valence electrons. The summed E-state index contributed by atoms with van der Waals surface area (Å²) in [5, 5.41) is 4.34. The Morgan fingerprint density at radius 3 is 2.73 bits per heavy atom. The highest BCUT2D eigenvalue weighted by Gasteiger charge is 2.12. The van der Waals surface area contributed by atoms with E-state index in [9.17, 15) is 4.79 Å². The summed E-state index contributed by atoms with van der Waals surface area (Å²) in [4.78, 5) is 11.6. The highest BCUT2D eigenvalue weighted by molar-refractivity contribution is 7.79. The molecule has 0 saturated heterocycles. The lowest BCUT2D eigenvalue weighted by Crippen LogP contribution is -2.29. The Morgan fingerprint density at radius 1 is 1.53 bits per heavy atom. The summed E-state index contributed by atoms with van der Waals surface area (Å²) in [7, 11) is 1.78. The smallest absolute Gasteiger partial charge is 0.338 e. The molecule has 0 bridgehead atoms. The number of likely N-dealkylation sites (N-methyl/N-ethyl adjacent to an activating group) is 1. The number of ether oxygens (including phenoxy) is 1. The van der Waals surface area contributed by atoms with Crippen molar-refractivity contribution in [1.82, 2.24) is 5.32 Å². The molecule has 0 saturated carbocycles. The number of thiocarbonyl (C=S) groups is 1. The molecule has 1 unspecified atom stereocenters. The molecular weight excluding hydrogens is 210 g/mol. The van der Waals surface area contributed by atoms with E-state index in [1.165, 1.54) is 5.37 Å². The van der Waals surface area contributed by atoms with E-state index in [1.807, 2.05) is 6.07 Å². The molecule has 0 radical (unpaired) electrons. The Hall–Kier alpha value is -1.26. The van der Waals surface area contributed by atoms with E-state index in [-0.39, 0.29) is 12.1 Å². The molecule has 15 heavy (non-hydrogen) atoms. The van der Waals surface area contributed by atoms with Crippen LogP contribution in [0.15, 0.2) is 30.3 Å². The summed E-state index contributed by atoms with van der Waals surface area (Å²) in [6.45, 7) is 0.530. The molecule has 1 aromatic rings. The van der Waals surface area contributed by atoms with E-state index in [2.05, 4.69) is 5.32 Å². The van der Waals surface area contributed by atoms with Crippen molar-refractivity contribution in [2.24, 2.45) is 0 Å². The molecule has 0 heterocycles. The van der Waals surface area contributed by atoms with Crippen LogP contribution in [0.3, 0.4) is 0 Å². The fourth-order valence-corrected chi connectivity index (χ4v) is 1.25. The largest absolute Gasteiger partial charge is 0.452 e. The van der Waals surface area contributed by atoms with Crippen LogP contribution in [0.1, 0.15) is 10.4 Å².